The summed E-state index contributed by atoms with van der Waals surface area (Å²) in [7, 11) is 0. The van der Waals surface area contributed by atoms with Crippen LogP contribution in [0.1, 0.15) is 25.5 Å². The molecule has 1 atom stereocenters. The fourth-order valence-corrected chi connectivity index (χ4v) is 2.21. The molecule has 0 aliphatic rings. The second kappa shape index (κ2) is 4.91. The van der Waals surface area contributed by atoms with Crippen molar-refractivity contribution in [2.75, 3.05) is 6.61 Å². The minimum absolute atomic E-state index is 0.132. The molecule has 0 saturated carbocycles. The molecule has 0 spiro atoms. The lowest BCUT2D eigenvalue weighted by Crippen LogP contribution is -2.11. The lowest BCUT2D eigenvalue weighted by Gasteiger charge is -2.13. The molecule has 3 nitrogen and oxygen atoms in total. The molecule has 0 aromatic carbocycles. The van der Waals surface area contributed by atoms with Gasteiger partial charge in [0.25, 0.3) is 0 Å². The van der Waals surface area contributed by atoms with Gasteiger partial charge < -0.3 is 9.84 Å². The Morgan fingerprint density at radius 2 is 2.31 bits per heavy atom. The van der Waals surface area contributed by atoms with Crippen molar-refractivity contribution in [2.45, 2.75) is 26.1 Å². The molecule has 4 heteroatoms. The summed E-state index contributed by atoms with van der Waals surface area (Å²) < 4.78 is 6.48. The molecule has 0 aliphatic heterocycles. The van der Waals surface area contributed by atoms with Gasteiger partial charge in [-0.3, -0.25) is 4.98 Å². The van der Waals surface area contributed by atoms with E-state index in [0.717, 1.165) is 15.8 Å². The Morgan fingerprint density at radius 3 is 3.06 bits per heavy atom. The molecule has 0 bridgehead atoms. The molecular weight excluding hydrogens is 222 g/mol. The first-order valence-corrected chi connectivity index (χ1v) is 6.17. The largest absolute Gasteiger partial charge is 0.386 e. The highest BCUT2D eigenvalue weighted by atomic mass is 32.1. The van der Waals surface area contributed by atoms with E-state index in [1.807, 2.05) is 31.4 Å². The first kappa shape index (κ1) is 11.5. The number of fused-ring (bicyclic) bond motifs is 1. The van der Waals surface area contributed by atoms with Crippen LogP contribution in [-0.4, -0.2) is 22.8 Å². The maximum Gasteiger partial charge on any atom is 0.104 e. The van der Waals surface area contributed by atoms with Crippen molar-refractivity contribution in [3.8, 4) is 0 Å². The molecule has 2 rings (SSSR count). The highest BCUT2D eigenvalue weighted by Gasteiger charge is 2.10. The topological polar surface area (TPSA) is 42.4 Å². The molecule has 16 heavy (non-hydrogen) atoms. The third-order valence-electron chi connectivity index (χ3n) is 2.30. The van der Waals surface area contributed by atoms with Crippen molar-refractivity contribution in [3.05, 3.63) is 29.3 Å². The molecule has 0 radical (unpaired) electrons. The van der Waals surface area contributed by atoms with Crippen molar-refractivity contribution >= 4 is 21.6 Å². The van der Waals surface area contributed by atoms with Crippen molar-refractivity contribution in [3.63, 3.8) is 0 Å². The van der Waals surface area contributed by atoms with Crippen molar-refractivity contribution < 1.29 is 9.84 Å². The molecule has 86 valence electrons. The second-order valence-electron chi connectivity index (χ2n) is 3.97. The summed E-state index contributed by atoms with van der Waals surface area (Å²) in [5.41, 5.74) is 1.79. The number of pyridine rings is 1. The number of nitrogens with zero attached hydrogens (tertiary/aromatic N) is 1. The van der Waals surface area contributed by atoms with E-state index in [0.29, 0.717) is 6.61 Å². The first-order valence-electron chi connectivity index (χ1n) is 5.29. The zero-order chi connectivity index (χ0) is 11.5. The average Bonchev–Trinajstić information content (AvgIpc) is 2.72. The van der Waals surface area contributed by atoms with E-state index in [1.165, 1.54) is 0 Å². The van der Waals surface area contributed by atoms with Crippen LogP contribution in [0.4, 0.5) is 0 Å². The first-order chi connectivity index (χ1) is 7.66. The van der Waals surface area contributed by atoms with E-state index in [2.05, 4.69) is 4.98 Å². The van der Waals surface area contributed by atoms with Gasteiger partial charge in [0.2, 0.25) is 0 Å². The number of rotatable bonds is 4. The van der Waals surface area contributed by atoms with E-state index in [-0.39, 0.29) is 6.10 Å². The van der Waals surface area contributed by atoms with Gasteiger partial charge in [-0.1, -0.05) is 0 Å². The van der Waals surface area contributed by atoms with Gasteiger partial charge in [0, 0.05) is 11.8 Å². The van der Waals surface area contributed by atoms with Crippen molar-refractivity contribution in [1.29, 1.82) is 0 Å². The highest BCUT2D eigenvalue weighted by Crippen LogP contribution is 2.22. The maximum atomic E-state index is 9.91. The minimum Gasteiger partial charge on any atom is -0.386 e. The lowest BCUT2D eigenvalue weighted by molar-refractivity contribution is 0.00487. The molecule has 0 aliphatic carbocycles. The van der Waals surface area contributed by atoms with Crippen LogP contribution >= 0.6 is 11.3 Å². The minimum atomic E-state index is -0.596. The van der Waals surface area contributed by atoms with Crippen LogP contribution in [0.5, 0.6) is 0 Å². The van der Waals surface area contributed by atoms with Crippen LogP contribution in [0.3, 0.4) is 0 Å². The van der Waals surface area contributed by atoms with Crippen LogP contribution in [0, 0.1) is 0 Å². The van der Waals surface area contributed by atoms with Gasteiger partial charge in [-0.2, -0.15) is 0 Å². The Bertz CT molecular complexity index is 467. The number of hydrogen-bond donors (Lipinski definition) is 1. The van der Waals surface area contributed by atoms with Gasteiger partial charge in [0.1, 0.15) is 6.10 Å². The SMILES string of the molecule is CC(C)OCC(O)c1cnc2ccsc2c1. The van der Waals surface area contributed by atoms with Crippen LogP contribution in [0.25, 0.3) is 10.2 Å². The smallest absolute Gasteiger partial charge is 0.104 e. The Kier molecular flexibility index (Phi) is 3.53. The number of ether oxygens (including phenoxy) is 1. The van der Waals surface area contributed by atoms with Crippen LogP contribution in [0.2, 0.25) is 0 Å². The zero-order valence-corrected chi connectivity index (χ0v) is 10.2. The van der Waals surface area contributed by atoms with E-state index >= 15 is 0 Å². The van der Waals surface area contributed by atoms with Gasteiger partial charge in [-0.05, 0) is 31.4 Å². The average molecular weight is 237 g/mol. The molecule has 2 heterocycles. The van der Waals surface area contributed by atoms with Crippen molar-refractivity contribution in [1.82, 2.24) is 4.98 Å². The quantitative estimate of drug-likeness (QED) is 0.889. The number of thiophene rings is 1. The summed E-state index contributed by atoms with van der Waals surface area (Å²) >= 11 is 1.63. The number of hydrogen-bond acceptors (Lipinski definition) is 4. The highest BCUT2D eigenvalue weighted by molar-refractivity contribution is 7.17. The fraction of sp³-hybridized carbons (Fsp3) is 0.417. The van der Waals surface area contributed by atoms with Crippen LogP contribution < -0.4 is 0 Å². The Labute approximate surface area is 98.7 Å². The maximum absolute atomic E-state index is 9.91. The summed E-state index contributed by atoms with van der Waals surface area (Å²) in [4.78, 5) is 4.28. The predicted molar refractivity (Wildman–Crippen MR) is 65.7 cm³/mol. The molecule has 2 aromatic heterocycles. The van der Waals surface area contributed by atoms with E-state index in [4.69, 9.17) is 4.74 Å². The third kappa shape index (κ3) is 2.58. The summed E-state index contributed by atoms with van der Waals surface area (Å²) in [6.45, 7) is 4.22. The molecule has 0 amide bonds. The Balaban J connectivity index is 2.12. The predicted octanol–water partition coefficient (Wildman–Crippen LogP) is 2.75. The van der Waals surface area contributed by atoms with Gasteiger partial charge in [-0.15, -0.1) is 11.3 Å². The van der Waals surface area contributed by atoms with Gasteiger partial charge in [0.15, 0.2) is 0 Å². The second-order valence-corrected chi connectivity index (χ2v) is 4.92. The Morgan fingerprint density at radius 1 is 1.50 bits per heavy atom. The number of aliphatic hydroxyl groups is 1. The molecular formula is C12H15NO2S. The standard InChI is InChI=1S/C12H15NO2S/c1-8(2)15-7-11(14)9-5-12-10(13-6-9)3-4-16-12/h3-6,8,11,14H,7H2,1-2H3. The summed E-state index contributed by atoms with van der Waals surface area (Å²) in [5, 5.41) is 11.9. The van der Waals surface area contributed by atoms with Gasteiger partial charge in [0.05, 0.1) is 22.9 Å². The molecule has 0 saturated heterocycles. The Hall–Kier alpha value is -0.970. The van der Waals surface area contributed by atoms with Crippen LogP contribution in [0.15, 0.2) is 23.7 Å². The van der Waals surface area contributed by atoms with E-state index < -0.39 is 6.10 Å². The molecule has 0 fully saturated rings. The summed E-state index contributed by atoms with van der Waals surface area (Å²) in [6.07, 6.45) is 1.25. The number of aromatic nitrogens is 1. The van der Waals surface area contributed by atoms with Gasteiger partial charge >= 0.3 is 0 Å². The molecule has 2 aromatic rings. The molecule has 1 unspecified atom stereocenters. The zero-order valence-electron chi connectivity index (χ0n) is 9.38. The monoisotopic (exact) mass is 237 g/mol. The van der Waals surface area contributed by atoms with Gasteiger partial charge in [-0.25, -0.2) is 0 Å². The fourth-order valence-electron chi connectivity index (χ4n) is 1.42. The number of aliphatic hydroxyl groups excluding tert-OH is 1. The normalized spacial score (nSPS) is 13.5. The summed E-state index contributed by atoms with van der Waals surface area (Å²) in [5.74, 6) is 0. The van der Waals surface area contributed by atoms with Crippen molar-refractivity contribution in [2.24, 2.45) is 0 Å². The van der Waals surface area contributed by atoms with E-state index in [9.17, 15) is 5.11 Å². The molecule has 1 N–H and O–H groups in total. The summed E-state index contributed by atoms with van der Waals surface area (Å²) in [6, 6.07) is 3.95. The van der Waals surface area contributed by atoms with Crippen LogP contribution in [-0.2, 0) is 4.74 Å². The lowest BCUT2D eigenvalue weighted by atomic mass is 10.1. The van der Waals surface area contributed by atoms with E-state index in [1.54, 1.807) is 17.5 Å². The third-order valence-corrected chi connectivity index (χ3v) is 3.15.